The molecule has 156 valence electrons. The Labute approximate surface area is 180 Å². The molecular formula is C23H23N7O. The van der Waals surface area contributed by atoms with Crippen LogP contribution in [0.2, 0.25) is 0 Å². The van der Waals surface area contributed by atoms with Crippen molar-refractivity contribution in [2.45, 2.75) is 40.0 Å². The third-order valence-electron chi connectivity index (χ3n) is 5.41. The minimum absolute atomic E-state index is 0.0787. The van der Waals surface area contributed by atoms with Crippen molar-refractivity contribution in [2.75, 3.05) is 5.01 Å². The molecule has 3 aromatic rings. The molecule has 0 fully saturated rings. The van der Waals surface area contributed by atoms with E-state index in [9.17, 15) is 10.1 Å². The van der Waals surface area contributed by atoms with Crippen LogP contribution in [0.25, 0.3) is 11.2 Å². The van der Waals surface area contributed by atoms with E-state index in [0.29, 0.717) is 18.0 Å². The van der Waals surface area contributed by atoms with Crippen LogP contribution in [0.3, 0.4) is 0 Å². The summed E-state index contributed by atoms with van der Waals surface area (Å²) in [4.78, 5) is 24.9. The Kier molecular flexibility index (Phi) is 5.03. The molecular weight excluding hydrogens is 390 g/mol. The number of benzene rings is 1. The first-order valence-electron chi connectivity index (χ1n) is 10.0. The van der Waals surface area contributed by atoms with Crippen molar-refractivity contribution >= 4 is 28.6 Å². The molecule has 4 rings (SSSR count). The van der Waals surface area contributed by atoms with Gasteiger partial charge in [0.05, 0.1) is 23.3 Å². The average molecular weight is 413 g/mol. The summed E-state index contributed by atoms with van der Waals surface area (Å²) in [6.07, 6.45) is 4.39. The van der Waals surface area contributed by atoms with Gasteiger partial charge in [-0.2, -0.15) is 15.4 Å². The minimum atomic E-state index is -0.444. The van der Waals surface area contributed by atoms with Crippen molar-refractivity contribution in [1.82, 2.24) is 20.3 Å². The Bertz CT molecular complexity index is 1270. The van der Waals surface area contributed by atoms with E-state index >= 15 is 0 Å². The summed E-state index contributed by atoms with van der Waals surface area (Å²) in [6.45, 7) is 11.9. The molecule has 0 radical (unpaired) electrons. The minimum Gasteiger partial charge on any atom is -0.345 e. The summed E-state index contributed by atoms with van der Waals surface area (Å²) < 4.78 is 0. The number of nitrogens with one attached hydrogen (secondary N) is 2. The largest absolute Gasteiger partial charge is 0.347 e. The molecule has 0 aliphatic carbocycles. The standard InChI is InChI=1S/C23H23N7O/c1-12(2)19-11-26-22-21(19)28-16(10-25-22)8-18-13(3)6-17(7-14(18)4)30-23(31)27-15(5)20(9-24)29-30/h6-7,10-12H,5,8H2,1-4H3,(H,25,26)(H,27,31). The van der Waals surface area contributed by atoms with Gasteiger partial charge in [0, 0.05) is 18.2 Å². The van der Waals surface area contributed by atoms with Crippen molar-refractivity contribution in [3.63, 3.8) is 0 Å². The number of carbonyl (C=O) groups is 1. The number of hydrogen-bond donors (Lipinski definition) is 2. The zero-order valence-electron chi connectivity index (χ0n) is 17.9. The number of hydrazone groups is 1. The molecule has 2 N–H and O–H groups in total. The first kappa shape index (κ1) is 20.3. The number of amides is 2. The van der Waals surface area contributed by atoms with Gasteiger partial charge < -0.3 is 10.3 Å². The van der Waals surface area contributed by atoms with Crippen LogP contribution in [-0.4, -0.2) is 26.7 Å². The summed E-state index contributed by atoms with van der Waals surface area (Å²) in [5.74, 6) is 0.353. The topological polar surface area (TPSA) is 110 Å². The highest BCUT2D eigenvalue weighted by Gasteiger charge is 2.25. The maximum Gasteiger partial charge on any atom is 0.347 e. The van der Waals surface area contributed by atoms with E-state index < -0.39 is 6.03 Å². The molecule has 31 heavy (non-hydrogen) atoms. The number of H-pyrrole nitrogens is 1. The normalized spacial score (nSPS) is 14.1. The second-order valence-electron chi connectivity index (χ2n) is 7.97. The van der Waals surface area contributed by atoms with E-state index in [1.165, 1.54) is 5.01 Å². The van der Waals surface area contributed by atoms with Gasteiger partial charge in [-0.15, -0.1) is 0 Å². The lowest BCUT2D eigenvalue weighted by molar-refractivity contribution is 0.248. The van der Waals surface area contributed by atoms with Gasteiger partial charge in [0.1, 0.15) is 11.6 Å². The van der Waals surface area contributed by atoms with E-state index in [0.717, 1.165) is 39.1 Å². The first-order chi connectivity index (χ1) is 14.8. The van der Waals surface area contributed by atoms with Crippen LogP contribution in [0, 0.1) is 25.2 Å². The number of rotatable bonds is 4. The summed E-state index contributed by atoms with van der Waals surface area (Å²) in [6, 6.07) is 5.27. The van der Waals surface area contributed by atoms with Crippen molar-refractivity contribution in [1.29, 1.82) is 5.26 Å². The summed E-state index contributed by atoms with van der Waals surface area (Å²) in [5, 5.41) is 17.1. The van der Waals surface area contributed by atoms with Gasteiger partial charge in [0.2, 0.25) is 0 Å². The first-order valence-corrected chi connectivity index (χ1v) is 10.0. The van der Waals surface area contributed by atoms with E-state index in [2.05, 4.69) is 40.8 Å². The number of aromatic nitrogens is 3. The SMILES string of the molecule is C=C1NC(=O)N(c2cc(C)c(Cc3cnc4[nH]cc(C(C)C)c4n3)c(C)c2)N=C1C#N. The predicted molar refractivity (Wildman–Crippen MR) is 120 cm³/mol. The third kappa shape index (κ3) is 3.66. The Morgan fingerprint density at radius 3 is 2.61 bits per heavy atom. The fourth-order valence-electron chi connectivity index (χ4n) is 3.74. The molecule has 3 heterocycles. The van der Waals surface area contributed by atoms with Gasteiger partial charge in [-0.1, -0.05) is 20.4 Å². The van der Waals surface area contributed by atoms with Gasteiger partial charge in [-0.3, -0.25) is 0 Å². The lowest BCUT2D eigenvalue weighted by Gasteiger charge is -2.24. The van der Waals surface area contributed by atoms with Gasteiger partial charge in [0.15, 0.2) is 11.4 Å². The van der Waals surface area contributed by atoms with Crippen LogP contribution in [0.4, 0.5) is 10.5 Å². The number of fused-ring (bicyclic) bond motifs is 1. The molecule has 0 bridgehead atoms. The summed E-state index contributed by atoms with van der Waals surface area (Å²) in [7, 11) is 0. The number of nitriles is 1. The zero-order valence-corrected chi connectivity index (χ0v) is 17.9. The van der Waals surface area contributed by atoms with Crippen LogP contribution in [0.15, 0.2) is 41.9 Å². The maximum atomic E-state index is 12.4. The molecule has 2 aromatic heterocycles. The molecule has 0 unspecified atom stereocenters. The molecule has 1 aromatic carbocycles. The van der Waals surface area contributed by atoms with Crippen LogP contribution >= 0.6 is 0 Å². The lowest BCUT2D eigenvalue weighted by Crippen LogP contribution is -2.43. The van der Waals surface area contributed by atoms with Crippen molar-refractivity contribution in [2.24, 2.45) is 5.10 Å². The van der Waals surface area contributed by atoms with E-state index in [1.807, 2.05) is 38.2 Å². The molecule has 8 nitrogen and oxygen atoms in total. The van der Waals surface area contributed by atoms with Gasteiger partial charge >= 0.3 is 6.03 Å². The van der Waals surface area contributed by atoms with Gasteiger partial charge in [-0.05, 0) is 48.6 Å². The average Bonchev–Trinajstić information content (AvgIpc) is 3.14. The fourth-order valence-corrected chi connectivity index (χ4v) is 3.74. The number of aryl methyl sites for hydroxylation is 2. The van der Waals surface area contributed by atoms with Crippen LogP contribution in [-0.2, 0) is 6.42 Å². The smallest absolute Gasteiger partial charge is 0.345 e. The van der Waals surface area contributed by atoms with Gasteiger partial charge in [-0.25, -0.2) is 14.8 Å². The Hall–Kier alpha value is -3.99. The highest BCUT2D eigenvalue weighted by atomic mass is 16.2. The molecule has 0 atom stereocenters. The van der Waals surface area contributed by atoms with Crippen molar-refractivity contribution in [3.05, 3.63) is 64.8 Å². The van der Waals surface area contributed by atoms with Crippen molar-refractivity contribution in [3.8, 4) is 6.07 Å². The summed E-state index contributed by atoms with van der Waals surface area (Å²) in [5.41, 5.74) is 7.71. The van der Waals surface area contributed by atoms with Gasteiger partial charge in [0.25, 0.3) is 0 Å². The second kappa shape index (κ2) is 7.69. The zero-order chi connectivity index (χ0) is 22.3. The predicted octanol–water partition coefficient (Wildman–Crippen LogP) is 4.21. The highest BCUT2D eigenvalue weighted by Crippen LogP contribution is 2.28. The molecule has 2 amide bonds. The number of allylic oxidation sites excluding steroid dienone is 1. The molecule has 1 aliphatic rings. The molecule has 0 spiro atoms. The van der Waals surface area contributed by atoms with Crippen LogP contribution in [0.1, 0.15) is 47.7 Å². The number of urea groups is 1. The Morgan fingerprint density at radius 1 is 1.26 bits per heavy atom. The number of nitrogens with zero attached hydrogens (tertiary/aromatic N) is 5. The number of aromatic amines is 1. The molecule has 0 saturated carbocycles. The Balaban J connectivity index is 1.69. The summed E-state index contributed by atoms with van der Waals surface area (Å²) >= 11 is 0. The number of anilines is 1. The molecule has 1 aliphatic heterocycles. The molecule has 8 heteroatoms. The monoisotopic (exact) mass is 413 g/mol. The Morgan fingerprint density at radius 2 is 1.97 bits per heavy atom. The molecule has 0 saturated heterocycles. The third-order valence-corrected chi connectivity index (χ3v) is 5.41. The fraction of sp³-hybridized carbons (Fsp3) is 0.261. The lowest BCUT2D eigenvalue weighted by atomic mass is 9.97. The van der Waals surface area contributed by atoms with Crippen LogP contribution < -0.4 is 10.3 Å². The van der Waals surface area contributed by atoms with Crippen molar-refractivity contribution < 1.29 is 4.79 Å². The number of hydrogen-bond acceptors (Lipinski definition) is 5. The quantitative estimate of drug-likeness (QED) is 0.667. The highest BCUT2D eigenvalue weighted by molar-refractivity contribution is 6.17. The maximum absolute atomic E-state index is 12.4. The number of carbonyl (C=O) groups excluding carboxylic acids is 1. The van der Waals surface area contributed by atoms with E-state index in [-0.39, 0.29) is 11.4 Å². The second-order valence-corrected chi connectivity index (χ2v) is 7.97. The van der Waals surface area contributed by atoms with E-state index in [1.54, 1.807) is 6.20 Å². The van der Waals surface area contributed by atoms with E-state index in [4.69, 9.17) is 4.98 Å². The van der Waals surface area contributed by atoms with Crippen LogP contribution in [0.5, 0.6) is 0 Å².